The van der Waals surface area contributed by atoms with E-state index in [2.05, 4.69) is 10.3 Å². The summed E-state index contributed by atoms with van der Waals surface area (Å²) >= 11 is 0. The molecule has 4 N–H and O–H groups in total. The molecule has 0 bridgehead atoms. The SMILES string of the molecule is C[N+](C)(C)CCOP(=O)(O)O.NC(=O)[O-]. The van der Waals surface area contributed by atoms with Gasteiger partial charge in [-0.25, -0.2) is 4.57 Å². The number of nitrogens with zero attached hydrogens (tertiary/aromatic N) is 1. The summed E-state index contributed by atoms with van der Waals surface area (Å²) in [6, 6.07) is 0. The van der Waals surface area contributed by atoms with Gasteiger partial charge in [0.05, 0.1) is 21.1 Å². The first-order chi connectivity index (χ1) is 6.44. The summed E-state index contributed by atoms with van der Waals surface area (Å²) in [5.41, 5.74) is 3.92. The van der Waals surface area contributed by atoms with Crippen LogP contribution >= 0.6 is 7.82 Å². The van der Waals surface area contributed by atoms with Gasteiger partial charge >= 0.3 is 7.82 Å². The molecule has 0 radical (unpaired) electrons. The maximum absolute atomic E-state index is 10.2. The average molecular weight is 244 g/mol. The first-order valence-electron chi connectivity index (χ1n) is 3.91. The molecule has 9 heteroatoms. The van der Waals surface area contributed by atoms with E-state index in [-0.39, 0.29) is 6.61 Å². The number of hydrogen-bond acceptors (Lipinski definition) is 4. The summed E-state index contributed by atoms with van der Waals surface area (Å²) in [7, 11) is 1.50. The summed E-state index contributed by atoms with van der Waals surface area (Å²) in [6.07, 6.45) is -1.58. The van der Waals surface area contributed by atoms with E-state index in [1.807, 2.05) is 21.1 Å². The summed E-state index contributed by atoms with van der Waals surface area (Å²) in [5.74, 6) is 0. The van der Waals surface area contributed by atoms with E-state index in [0.29, 0.717) is 11.0 Å². The molecule has 0 heterocycles. The number of carbonyl (C=O) groups is 1. The Morgan fingerprint density at radius 3 is 2.00 bits per heavy atom. The number of carbonyl (C=O) groups excluding carboxylic acids is 1. The fourth-order valence-electron chi connectivity index (χ4n) is 0.434. The first kappa shape index (κ1) is 16.8. The van der Waals surface area contributed by atoms with Crippen LogP contribution in [0.3, 0.4) is 0 Å². The van der Waals surface area contributed by atoms with Gasteiger partial charge in [-0.05, 0) is 0 Å². The molecule has 0 aliphatic carbocycles. The van der Waals surface area contributed by atoms with Crippen molar-refractivity contribution in [1.29, 1.82) is 0 Å². The van der Waals surface area contributed by atoms with E-state index in [1.165, 1.54) is 0 Å². The van der Waals surface area contributed by atoms with Crippen LogP contribution in [0.25, 0.3) is 0 Å². The number of quaternary nitrogens is 1. The lowest BCUT2D eigenvalue weighted by Crippen LogP contribution is -2.37. The van der Waals surface area contributed by atoms with Crippen molar-refractivity contribution in [2.75, 3.05) is 34.3 Å². The van der Waals surface area contributed by atoms with Gasteiger partial charge in [0.15, 0.2) is 0 Å². The van der Waals surface area contributed by atoms with E-state index in [0.717, 1.165) is 0 Å². The Kier molecular flexibility index (Phi) is 7.55. The van der Waals surface area contributed by atoms with Crippen LogP contribution < -0.4 is 10.8 Å². The molecule has 0 saturated carbocycles. The molecule has 92 valence electrons. The number of rotatable bonds is 4. The van der Waals surface area contributed by atoms with Crippen LogP contribution in [0.4, 0.5) is 4.79 Å². The van der Waals surface area contributed by atoms with E-state index in [9.17, 15) is 4.57 Å². The van der Waals surface area contributed by atoms with Gasteiger partial charge in [0.1, 0.15) is 19.2 Å². The quantitative estimate of drug-likeness (QED) is 0.390. The first-order valence-corrected chi connectivity index (χ1v) is 5.44. The number of nitrogens with two attached hydrogens (primary N) is 1. The molecule has 1 amide bonds. The van der Waals surface area contributed by atoms with E-state index in [1.54, 1.807) is 0 Å². The van der Waals surface area contributed by atoms with Gasteiger partial charge in [-0.15, -0.1) is 0 Å². The number of likely N-dealkylation sites (N-methyl/N-ethyl adjacent to an activating group) is 1. The lowest BCUT2D eigenvalue weighted by molar-refractivity contribution is -0.870. The van der Waals surface area contributed by atoms with Gasteiger partial charge in [-0.1, -0.05) is 0 Å². The Morgan fingerprint density at radius 1 is 1.47 bits per heavy atom. The molecule has 8 nitrogen and oxygen atoms in total. The predicted molar refractivity (Wildman–Crippen MR) is 50.5 cm³/mol. The molecule has 0 aliphatic rings. The maximum atomic E-state index is 10.2. The molecule has 0 fully saturated rings. The summed E-state index contributed by atoms with van der Waals surface area (Å²) in [6.45, 7) is 0.652. The minimum atomic E-state index is -4.26. The molecular formula is C6H17N2O6P. The highest BCUT2D eigenvalue weighted by atomic mass is 31.2. The number of hydrogen-bond donors (Lipinski definition) is 3. The van der Waals surface area contributed by atoms with Crippen molar-refractivity contribution in [3.05, 3.63) is 0 Å². The molecule has 0 unspecified atom stereocenters. The van der Waals surface area contributed by atoms with Crippen molar-refractivity contribution in [2.24, 2.45) is 5.73 Å². The summed E-state index contributed by atoms with van der Waals surface area (Å²) < 4.78 is 15.1. The zero-order valence-electron chi connectivity index (χ0n) is 8.91. The van der Waals surface area contributed by atoms with Gasteiger partial charge in [0.25, 0.3) is 0 Å². The molecule has 0 aromatic heterocycles. The molecule has 0 aliphatic heterocycles. The van der Waals surface area contributed by atoms with Gasteiger partial charge in [0.2, 0.25) is 0 Å². The van der Waals surface area contributed by atoms with Gasteiger partial charge in [-0.3, -0.25) is 4.52 Å². The standard InChI is InChI=1S/C5H14NO4P.CH3NO2/c1-6(2,3)4-5-10-11(7,8)9;2-1(3)4/h4-5H2,1-3H3,(H-,7,8,9);2H2,(H,3,4). The van der Waals surface area contributed by atoms with Crippen molar-refractivity contribution in [3.63, 3.8) is 0 Å². The van der Waals surface area contributed by atoms with Crippen LogP contribution in [0.1, 0.15) is 0 Å². The third-order valence-corrected chi connectivity index (χ3v) is 1.54. The fourth-order valence-corrected chi connectivity index (χ4v) is 0.753. The largest absolute Gasteiger partial charge is 0.530 e. The second kappa shape index (κ2) is 6.76. The normalized spacial score (nSPS) is 11.5. The molecule has 0 rings (SSSR count). The number of phosphoric acid groups is 1. The Hall–Kier alpha value is -0.660. The van der Waals surface area contributed by atoms with Crippen LogP contribution in [0.15, 0.2) is 0 Å². The lowest BCUT2D eigenvalue weighted by Gasteiger charge is -2.23. The molecule has 0 spiro atoms. The van der Waals surface area contributed by atoms with Crippen molar-refractivity contribution in [1.82, 2.24) is 0 Å². The number of amides is 1. The van der Waals surface area contributed by atoms with Crippen LogP contribution in [-0.4, -0.2) is 54.7 Å². The van der Waals surface area contributed by atoms with E-state index >= 15 is 0 Å². The topological polar surface area (TPSA) is 133 Å². The molecule has 0 aromatic carbocycles. The van der Waals surface area contributed by atoms with Crippen molar-refractivity contribution in [3.8, 4) is 0 Å². The average Bonchev–Trinajstić information content (AvgIpc) is 1.77. The second-order valence-electron chi connectivity index (χ2n) is 3.66. The van der Waals surface area contributed by atoms with Gasteiger partial charge in [-0.2, -0.15) is 0 Å². The summed E-state index contributed by atoms with van der Waals surface area (Å²) in [5, 5.41) is 8.67. The Balaban J connectivity index is 0. The monoisotopic (exact) mass is 244 g/mol. The zero-order valence-corrected chi connectivity index (χ0v) is 9.81. The van der Waals surface area contributed by atoms with Crippen LogP contribution in [0.5, 0.6) is 0 Å². The third kappa shape index (κ3) is 31.8. The Morgan fingerprint density at radius 2 is 1.80 bits per heavy atom. The highest BCUT2D eigenvalue weighted by Crippen LogP contribution is 2.35. The minimum Gasteiger partial charge on any atom is -0.530 e. The van der Waals surface area contributed by atoms with Crippen molar-refractivity contribution in [2.45, 2.75) is 0 Å². The lowest BCUT2D eigenvalue weighted by atomic mass is 10.5. The molecule has 0 saturated heterocycles. The van der Waals surface area contributed by atoms with Gasteiger partial charge < -0.3 is 29.9 Å². The fraction of sp³-hybridized carbons (Fsp3) is 0.833. The van der Waals surface area contributed by atoms with Crippen LogP contribution in [0, 0.1) is 0 Å². The highest BCUT2D eigenvalue weighted by Gasteiger charge is 2.15. The Labute approximate surface area is 88.1 Å². The second-order valence-corrected chi connectivity index (χ2v) is 4.90. The number of phosphoric ester groups is 1. The smallest absolute Gasteiger partial charge is 0.469 e. The highest BCUT2D eigenvalue weighted by molar-refractivity contribution is 7.46. The molecular weight excluding hydrogens is 227 g/mol. The van der Waals surface area contributed by atoms with Crippen LogP contribution in [0.2, 0.25) is 0 Å². The minimum absolute atomic E-state index is 0.0772. The number of primary amides is 1. The van der Waals surface area contributed by atoms with Gasteiger partial charge in [0, 0.05) is 0 Å². The maximum Gasteiger partial charge on any atom is 0.469 e. The summed E-state index contributed by atoms with van der Waals surface area (Å²) in [4.78, 5) is 25.3. The number of carboxylic acid groups (broad SMARTS) is 1. The Bertz CT molecular complexity index is 228. The van der Waals surface area contributed by atoms with Crippen molar-refractivity contribution >= 4 is 13.9 Å². The molecule has 0 atom stereocenters. The molecule has 15 heavy (non-hydrogen) atoms. The zero-order chi connectivity index (χ0) is 12.7. The third-order valence-electron chi connectivity index (χ3n) is 1.02. The molecule has 0 aromatic rings. The van der Waals surface area contributed by atoms with E-state index in [4.69, 9.17) is 19.7 Å². The van der Waals surface area contributed by atoms with E-state index < -0.39 is 13.9 Å². The predicted octanol–water partition coefficient (Wildman–Crippen LogP) is -1.91. The van der Waals surface area contributed by atoms with Crippen molar-refractivity contribution < 1.29 is 33.3 Å². The van der Waals surface area contributed by atoms with Crippen LogP contribution in [-0.2, 0) is 9.09 Å².